The summed E-state index contributed by atoms with van der Waals surface area (Å²) in [6.07, 6.45) is 5.45. The molecule has 3 aromatic rings. The molecule has 3 rings (SSSR count). The molecule has 6 nitrogen and oxygen atoms in total. The molecule has 0 saturated heterocycles. The fourth-order valence-electron chi connectivity index (χ4n) is 3.42. The number of ether oxygens (including phenoxy) is 3. The fourth-order valence-corrected chi connectivity index (χ4v) is 3.42. The van der Waals surface area contributed by atoms with Crippen LogP contribution in [0.1, 0.15) is 31.7 Å². The molecule has 0 radical (unpaired) electrons. The summed E-state index contributed by atoms with van der Waals surface area (Å²) in [7, 11) is 3.76. The topological polar surface area (TPSA) is 52.9 Å². The number of hydrogen-bond acceptors (Lipinski definition) is 5. The van der Waals surface area contributed by atoms with Crippen molar-refractivity contribution < 1.29 is 14.2 Å². The van der Waals surface area contributed by atoms with Crippen LogP contribution in [0.2, 0.25) is 0 Å². The van der Waals surface area contributed by atoms with E-state index in [1.807, 2.05) is 48.5 Å². The molecule has 0 N–H and O–H groups in total. The molecule has 176 valence electrons. The van der Waals surface area contributed by atoms with Crippen molar-refractivity contribution in [2.75, 3.05) is 33.9 Å². The molecule has 6 heteroatoms. The third kappa shape index (κ3) is 7.68. The van der Waals surface area contributed by atoms with Gasteiger partial charge in [-0.05, 0) is 68.0 Å². The first-order valence-corrected chi connectivity index (χ1v) is 11.5. The minimum absolute atomic E-state index is 0.149. The van der Waals surface area contributed by atoms with Crippen molar-refractivity contribution in [1.82, 2.24) is 9.47 Å². The molecule has 0 fully saturated rings. The van der Waals surface area contributed by atoms with Crippen LogP contribution in [-0.2, 0) is 6.61 Å². The molecule has 0 unspecified atom stereocenters. The van der Waals surface area contributed by atoms with Crippen LogP contribution in [0.4, 0.5) is 0 Å². The Morgan fingerprint density at radius 3 is 2.24 bits per heavy atom. The average molecular weight is 451 g/mol. The van der Waals surface area contributed by atoms with Crippen LogP contribution in [0.25, 0.3) is 5.69 Å². The van der Waals surface area contributed by atoms with Crippen LogP contribution in [0, 0.1) is 0 Å². The van der Waals surface area contributed by atoms with E-state index in [0.29, 0.717) is 19.0 Å². The summed E-state index contributed by atoms with van der Waals surface area (Å²) in [6.45, 7) is 5.23. The molecule has 0 bridgehead atoms. The van der Waals surface area contributed by atoms with Crippen molar-refractivity contribution in [2.24, 2.45) is 0 Å². The van der Waals surface area contributed by atoms with E-state index in [1.54, 1.807) is 23.9 Å². The third-order valence-corrected chi connectivity index (χ3v) is 5.46. The predicted octanol–water partition coefficient (Wildman–Crippen LogP) is 4.93. The van der Waals surface area contributed by atoms with Gasteiger partial charge in [0.2, 0.25) is 0 Å². The van der Waals surface area contributed by atoms with E-state index >= 15 is 0 Å². The van der Waals surface area contributed by atoms with Crippen molar-refractivity contribution in [3.8, 4) is 22.9 Å². The molecule has 33 heavy (non-hydrogen) atoms. The van der Waals surface area contributed by atoms with Gasteiger partial charge in [0.15, 0.2) is 0 Å². The lowest BCUT2D eigenvalue weighted by Crippen LogP contribution is -2.25. The lowest BCUT2D eigenvalue weighted by Gasteiger charge is -2.16. The number of methoxy groups -OCH3 is 1. The van der Waals surface area contributed by atoms with Gasteiger partial charge in [0.1, 0.15) is 30.5 Å². The highest BCUT2D eigenvalue weighted by molar-refractivity contribution is 5.38. The highest BCUT2D eigenvalue weighted by atomic mass is 16.5. The molecule has 0 amide bonds. The lowest BCUT2D eigenvalue weighted by atomic mass is 10.2. The van der Waals surface area contributed by atoms with Gasteiger partial charge in [-0.1, -0.05) is 31.9 Å². The number of aromatic nitrogens is 1. The minimum Gasteiger partial charge on any atom is -0.497 e. The maximum atomic E-state index is 12.6. The number of nitrogens with zero attached hydrogens (tertiary/aromatic N) is 2. The second-order valence-corrected chi connectivity index (χ2v) is 8.06. The third-order valence-electron chi connectivity index (χ3n) is 5.46. The molecular weight excluding hydrogens is 416 g/mol. The summed E-state index contributed by atoms with van der Waals surface area (Å²) in [5, 5.41) is 0. The molecule has 0 aliphatic carbocycles. The second-order valence-electron chi connectivity index (χ2n) is 8.06. The molecule has 0 spiro atoms. The molecule has 1 heterocycles. The van der Waals surface area contributed by atoms with E-state index in [1.165, 1.54) is 25.3 Å². The van der Waals surface area contributed by atoms with Crippen LogP contribution in [0.3, 0.4) is 0 Å². The average Bonchev–Trinajstić information content (AvgIpc) is 2.84. The second kappa shape index (κ2) is 12.7. The van der Waals surface area contributed by atoms with E-state index in [2.05, 4.69) is 18.9 Å². The molecule has 0 aliphatic heterocycles. The normalized spacial score (nSPS) is 10.9. The quantitative estimate of drug-likeness (QED) is 0.346. The van der Waals surface area contributed by atoms with Gasteiger partial charge >= 0.3 is 0 Å². The Labute approximate surface area is 196 Å². The van der Waals surface area contributed by atoms with Crippen molar-refractivity contribution in [3.05, 3.63) is 82.8 Å². The van der Waals surface area contributed by atoms with Crippen LogP contribution >= 0.6 is 0 Å². The van der Waals surface area contributed by atoms with Gasteiger partial charge < -0.3 is 19.1 Å². The van der Waals surface area contributed by atoms with E-state index in [-0.39, 0.29) is 5.56 Å². The van der Waals surface area contributed by atoms with Crippen LogP contribution in [0.15, 0.2) is 71.7 Å². The molecule has 0 saturated carbocycles. The summed E-state index contributed by atoms with van der Waals surface area (Å²) in [5.41, 5.74) is 1.64. The fraction of sp³-hybridized carbons (Fsp3) is 0.370. The molecule has 0 atom stereocenters. The van der Waals surface area contributed by atoms with E-state index in [0.717, 1.165) is 35.8 Å². The van der Waals surface area contributed by atoms with Gasteiger partial charge in [0.05, 0.1) is 7.11 Å². The lowest BCUT2D eigenvalue weighted by molar-refractivity contribution is 0.235. The van der Waals surface area contributed by atoms with Crippen molar-refractivity contribution in [2.45, 2.75) is 32.8 Å². The molecule has 1 aromatic heterocycles. The number of rotatable bonds is 13. The highest BCUT2D eigenvalue weighted by Gasteiger charge is 2.05. The Morgan fingerprint density at radius 1 is 0.848 bits per heavy atom. The Morgan fingerprint density at radius 2 is 1.58 bits per heavy atom. The molecule has 2 aromatic carbocycles. The van der Waals surface area contributed by atoms with Crippen LogP contribution in [0.5, 0.6) is 17.2 Å². The summed E-state index contributed by atoms with van der Waals surface area (Å²) in [5.74, 6) is 2.13. The van der Waals surface area contributed by atoms with Crippen molar-refractivity contribution in [1.29, 1.82) is 0 Å². The zero-order valence-corrected chi connectivity index (χ0v) is 19.8. The van der Waals surface area contributed by atoms with Gasteiger partial charge in [0, 0.05) is 24.5 Å². The zero-order chi connectivity index (χ0) is 23.5. The van der Waals surface area contributed by atoms with Crippen molar-refractivity contribution >= 4 is 0 Å². The van der Waals surface area contributed by atoms with E-state index in [9.17, 15) is 4.79 Å². The summed E-state index contributed by atoms with van der Waals surface area (Å²) >= 11 is 0. The number of likely N-dealkylation sites (N-methyl/N-ethyl adjacent to an activating group) is 1. The van der Waals surface area contributed by atoms with Gasteiger partial charge in [-0.2, -0.15) is 0 Å². The maximum absolute atomic E-state index is 12.6. The first kappa shape index (κ1) is 24.4. The molecular formula is C27H34N2O4. The first-order chi connectivity index (χ1) is 16.1. The number of hydrogen-bond donors (Lipinski definition) is 0. The molecule has 0 aliphatic rings. The van der Waals surface area contributed by atoms with Crippen molar-refractivity contribution in [3.63, 3.8) is 0 Å². The van der Waals surface area contributed by atoms with Crippen LogP contribution in [-0.4, -0.2) is 43.3 Å². The maximum Gasteiger partial charge on any atom is 0.258 e. The highest BCUT2D eigenvalue weighted by Crippen LogP contribution is 2.17. The smallest absolute Gasteiger partial charge is 0.258 e. The van der Waals surface area contributed by atoms with E-state index in [4.69, 9.17) is 14.2 Å². The number of benzene rings is 2. The van der Waals surface area contributed by atoms with Gasteiger partial charge in [-0.15, -0.1) is 0 Å². The Bertz CT molecular complexity index is 1030. The number of pyridine rings is 1. The Balaban J connectivity index is 1.51. The SMILES string of the molecule is CCCCCN(C)CCOc1ccc(-n2ccc(OCc3ccc(OC)cc3)cc2=O)cc1. The summed E-state index contributed by atoms with van der Waals surface area (Å²) in [4.78, 5) is 14.9. The van der Waals surface area contributed by atoms with Gasteiger partial charge in [-0.25, -0.2) is 0 Å². The summed E-state index contributed by atoms with van der Waals surface area (Å²) < 4.78 is 18.4. The predicted molar refractivity (Wildman–Crippen MR) is 132 cm³/mol. The Hall–Kier alpha value is -3.25. The monoisotopic (exact) mass is 450 g/mol. The van der Waals surface area contributed by atoms with Gasteiger partial charge in [0.25, 0.3) is 5.56 Å². The summed E-state index contributed by atoms with van der Waals surface area (Å²) in [6, 6.07) is 18.5. The standard InChI is InChI=1S/C27H34N2O4/c1-4-5-6-16-28(2)18-19-32-25-13-9-23(10-14-25)29-17-15-26(20-27(29)30)33-21-22-7-11-24(31-3)12-8-22/h7-15,17,20H,4-6,16,18-19,21H2,1-3H3. The van der Waals surface area contributed by atoms with Crippen LogP contribution < -0.4 is 19.8 Å². The van der Waals surface area contributed by atoms with Gasteiger partial charge in [-0.3, -0.25) is 9.36 Å². The van der Waals surface area contributed by atoms with E-state index < -0.39 is 0 Å². The minimum atomic E-state index is -0.149. The number of unbranched alkanes of at least 4 members (excludes halogenated alkanes) is 2. The largest absolute Gasteiger partial charge is 0.497 e. The first-order valence-electron chi connectivity index (χ1n) is 11.5. The zero-order valence-electron chi connectivity index (χ0n) is 19.8. The Kier molecular flexibility index (Phi) is 9.39.